The number of nitrogens with zero attached hydrogens (tertiary/aromatic N) is 2. The Morgan fingerprint density at radius 2 is 1.62 bits per heavy atom. The highest BCUT2D eigenvalue weighted by Gasteiger charge is 2.30. The van der Waals surface area contributed by atoms with E-state index in [1.54, 1.807) is 11.8 Å². The van der Waals surface area contributed by atoms with Crippen molar-refractivity contribution in [3.63, 3.8) is 0 Å². The molecular formula is C22H31N3O4. The van der Waals surface area contributed by atoms with Crippen LogP contribution in [0.4, 0.5) is 4.79 Å². The van der Waals surface area contributed by atoms with Crippen LogP contribution in [0.2, 0.25) is 0 Å². The van der Waals surface area contributed by atoms with Gasteiger partial charge in [0.25, 0.3) is 5.91 Å². The lowest BCUT2D eigenvalue weighted by molar-refractivity contribution is -0.127. The van der Waals surface area contributed by atoms with E-state index in [-0.39, 0.29) is 29.9 Å². The second-order valence-electron chi connectivity index (χ2n) is 7.85. The van der Waals surface area contributed by atoms with Gasteiger partial charge in [-0.3, -0.25) is 9.59 Å². The number of aryl methyl sites for hydroxylation is 1. The van der Waals surface area contributed by atoms with Gasteiger partial charge in [0.1, 0.15) is 0 Å². The molecule has 1 aromatic carbocycles. The van der Waals surface area contributed by atoms with Crippen LogP contribution < -0.4 is 5.32 Å². The fourth-order valence-electron chi connectivity index (χ4n) is 4.07. The van der Waals surface area contributed by atoms with E-state index in [9.17, 15) is 14.4 Å². The first kappa shape index (κ1) is 21.1. The number of hydrogen-bond acceptors (Lipinski definition) is 4. The average Bonchev–Trinajstić information content (AvgIpc) is 2.74. The largest absolute Gasteiger partial charge is 0.450 e. The fourth-order valence-corrected chi connectivity index (χ4v) is 4.07. The normalized spacial score (nSPS) is 18.4. The van der Waals surface area contributed by atoms with E-state index in [4.69, 9.17) is 4.74 Å². The van der Waals surface area contributed by atoms with Gasteiger partial charge in [0.15, 0.2) is 0 Å². The number of hydrogen-bond donors (Lipinski definition) is 1. The molecule has 0 saturated carbocycles. The van der Waals surface area contributed by atoms with Crippen LogP contribution in [0.3, 0.4) is 0 Å². The number of benzene rings is 1. The van der Waals surface area contributed by atoms with Crippen LogP contribution in [-0.2, 0) is 9.53 Å². The summed E-state index contributed by atoms with van der Waals surface area (Å²) < 4.78 is 5.03. The predicted octanol–water partition coefficient (Wildman–Crippen LogP) is 2.58. The second kappa shape index (κ2) is 9.76. The van der Waals surface area contributed by atoms with E-state index in [1.165, 1.54) is 0 Å². The molecule has 0 atom stereocenters. The first-order valence-corrected chi connectivity index (χ1v) is 10.6. The molecule has 2 saturated heterocycles. The monoisotopic (exact) mass is 401 g/mol. The van der Waals surface area contributed by atoms with Gasteiger partial charge in [-0.05, 0) is 51.2 Å². The molecule has 7 nitrogen and oxygen atoms in total. The predicted molar refractivity (Wildman–Crippen MR) is 110 cm³/mol. The Balaban J connectivity index is 1.43. The topological polar surface area (TPSA) is 79.0 Å². The van der Waals surface area contributed by atoms with Crippen LogP contribution in [0.5, 0.6) is 0 Å². The van der Waals surface area contributed by atoms with Crippen molar-refractivity contribution >= 4 is 17.9 Å². The number of piperidine rings is 2. The van der Waals surface area contributed by atoms with Gasteiger partial charge in [0.2, 0.25) is 5.91 Å². The zero-order valence-electron chi connectivity index (χ0n) is 17.4. The van der Waals surface area contributed by atoms with Crippen molar-refractivity contribution in [2.45, 2.75) is 45.6 Å². The van der Waals surface area contributed by atoms with Gasteiger partial charge in [0, 0.05) is 43.7 Å². The summed E-state index contributed by atoms with van der Waals surface area (Å²) in [7, 11) is 0. The van der Waals surface area contributed by atoms with Crippen molar-refractivity contribution < 1.29 is 19.1 Å². The van der Waals surface area contributed by atoms with Gasteiger partial charge in [0.05, 0.1) is 6.61 Å². The third-order valence-corrected chi connectivity index (χ3v) is 5.90. The molecule has 2 fully saturated rings. The highest BCUT2D eigenvalue weighted by molar-refractivity contribution is 5.95. The third-order valence-electron chi connectivity index (χ3n) is 5.90. The Morgan fingerprint density at radius 1 is 1.00 bits per heavy atom. The summed E-state index contributed by atoms with van der Waals surface area (Å²) in [5.74, 6) is 0.0647. The van der Waals surface area contributed by atoms with Gasteiger partial charge in [-0.15, -0.1) is 0 Å². The Labute approximate surface area is 172 Å². The average molecular weight is 402 g/mol. The van der Waals surface area contributed by atoms with Gasteiger partial charge in [-0.1, -0.05) is 18.2 Å². The summed E-state index contributed by atoms with van der Waals surface area (Å²) in [6.45, 7) is 6.53. The summed E-state index contributed by atoms with van der Waals surface area (Å²) in [5.41, 5.74) is 1.72. The Bertz CT molecular complexity index is 735. The molecule has 0 radical (unpaired) electrons. The highest BCUT2D eigenvalue weighted by atomic mass is 16.6. The smallest absolute Gasteiger partial charge is 0.409 e. The fraction of sp³-hybridized carbons (Fsp3) is 0.591. The number of ether oxygens (including phenoxy) is 1. The SMILES string of the molecule is CCOC(=O)N1CCC(NC(=O)C2CCN(C(=O)c3ccccc3C)CC2)CC1. The highest BCUT2D eigenvalue weighted by Crippen LogP contribution is 2.21. The zero-order valence-corrected chi connectivity index (χ0v) is 17.4. The lowest BCUT2D eigenvalue weighted by atomic mass is 9.94. The van der Waals surface area contributed by atoms with Gasteiger partial charge in [-0.25, -0.2) is 4.79 Å². The van der Waals surface area contributed by atoms with Crippen molar-refractivity contribution in [2.24, 2.45) is 5.92 Å². The molecular weight excluding hydrogens is 370 g/mol. The number of nitrogens with one attached hydrogen (secondary N) is 1. The lowest BCUT2D eigenvalue weighted by Crippen LogP contribution is -2.49. The number of likely N-dealkylation sites (tertiary alicyclic amines) is 2. The number of amides is 3. The standard InChI is InChI=1S/C22H31N3O4/c1-3-29-22(28)25-14-10-18(11-15-25)23-20(26)17-8-12-24(13-9-17)21(27)19-7-5-4-6-16(19)2/h4-7,17-18H,3,8-15H2,1-2H3,(H,23,26). The molecule has 3 amide bonds. The van der Waals surface area contributed by atoms with Crippen LogP contribution >= 0.6 is 0 Å². The second-order valence-corrected chi connectivity index (χ2v) is 7.85. The van der Waals surface area contributed by atoms with E-state index < -0.39 is 0 Å². The van der Waals surface area contributed by atoms with E-state index >= 15 is 0 Å². The molecule has 1 N–H and O–H groups in total. The van der Waals surface area contributed by atoms with Crippen LogP contribution in [0.25, 0.3) is 0 Å². The van der Waals surface area contributed by atoms with E-state index in [2.05, 4.69) is 5.32 Å². The molecule has 0 unspecified atom stereocenters. The maximum absolute atomic E-state index is 12.7. The minimum absolute atomic E-state index is 0.0493. The van der Waals surface area contributed by atoms with Crippen LogP contribution in [0, 0.1) is 12.8 Å². The maximum atomic E-state index is 12.7. The Kier molecular flexibility index (Phi) is 7.12. The van der Waals surface area contributed by atoms with Crippen LogP contribution in [-0.4, -0.2) is 66.5 Å². The summed E-state index contributed by atoms with van der Waals surface area (Å²) in [4.78, 5) is 40.7. The zero-order chi connectivity index (χ0) is 20.8. The molecule has 2 aliphatic heterocycles. The van der Waals surface area contributed by atoms with Gasteiger partial charge in [-0.2, -0.15) is 0 Å². The van der Waals surface area contributed by atoms with Crippen molar-refractivity contribution in [1.29, 1.82) is 0 Å². The van der Waals surface area contributed by atoms with Crippen molar-refractivity contribution in [3.05, 3.63) is 35.4 Å². The maximum Gasteiger partial charge on any atom is 0.409 e. The number of carbonyl (C=O) groups excluding carboxylic acids is 3. The van der Waals surface area contributed by atoms with Crippen molar-refractivity contribution in [1.82, 2.24) is 15.1 Å². The van der Waals surface area contributed by atoms with E-state index in [1.807, 2.05) is 36.1 Å². The molecule has 2 aliphatic rings. The molecule has 0 spiro atoms. The molecule has 29 heavy (non-hydrogen) atoms. The van der Waals surface area contributed by atoms with E-state index in [0.717, 1.165) is 24.0 Å². The minimum Gasteiger partial charge on any atom is -0.450 e. The molecule has 0 aromatic heterocycles. The van der Waals surface area contributed by atoms with Crippen molar-refractivity contribution in [2.75, 3.05) is 32.8 Å². The number of rotatable bonds is 4. The summed E-state index contributed by atoms with van der Waals surface area (Å²) >= 11 is 0. The van der Waals surface area contributed by atoms with Crippen molar-refractivity contribution in [3.8, 4) is 0 Å². The number of carbonyl (C=O) groups is 3. The molecule has 2 heterocycles. The molecule has 3 rings (SSSR count). The first-order valence-electron chi connectivity index (χ1n) is 10.6. The van der Waals surface area contributed by atoms with Gasteiger partial charge >= 0.3 is 6.09 Å². The first-order chi connectivity index (χ1) is 14.0. The molecule has 0 aliphatic carbocycles. The molecule has 7 heteroatoms. The van der Waals surface area contributed by atoms with Gasteiger partial charge < -0.3 is 19.9 Å². The van der Waals surface area contributed by atoms with E-state index in [0.29, 0.717) is 45.6 Å². The summed E-state index contributed by atoms with van der Waals surface area (Å²) in [5, 5.41) is 3.14. The third kappa shape index (κ3) is 5.28. The molecule has 0 bridgehead atoms. The Morgan fingerprint density at radius 3 is 2.24 bits per heavy atom. The lowest BCUT2D eigenvalue weighted by Gasteiger charge is -2.34. The molecule has 158 valence electrons. The quantitative estimate of drug-likeness (QED) is 0.841. The minimum atomic E-state index is -0.275. The van der Waals surface area contributed by atoms with Crippen LogP contribution in [0.15, 0.2) is 24.3 Å². The summed E-state index contributed by atoms with van der Waals surface area (Å²) in [6.07, 6.45) is 2.59. The van der Waals surface area contributed by atoms with Crippen LogP contribution in [0.1, 0.15) is 48.5 Å². The Hall–Kier alpha value is -2.57. The molecule has 1 aromatic rings. The summed E-state index contributed by atoms with van der Waals surface area (Å²) in [6, 6.07) is 7.72.